The predicted molar refractivity (Wildman–Crippen MR) is 98.2 cm³/mol. The van der Waals surface area contributed by atoms with E-state index in [0.29, 0.717) is 0 Å². The van der Waals surface area contributed by atoms with E-state index < -0.39 is 85.8 Å². The largest absolute Gasteiger partial charge is 0.391 e. The Morgan fingerprint density at radius 1 is 0.806 bits per heavy atom. The molecule has 13 heteroatoms. The van der Waals surface area contributed by atoms with E-state index in [1.807, 2.05) is 0 Å². The van der Waals surface area contributed by atoms with Crippen LogP contribution in [-0.4, -0.2) is 133 Å². The van der Waals surface area contributed by atoms with Gasteiger partial charge in [0.25, 0.3) is 0 Å². The Morgan fingerprint density at radius 2 is 1.32 bits per heavy atom. The maximum absolute atomic E-state index is 10.8. The summed E-state index contributed by atoms with van der Waals surface area (Å²) in [5, 5.41) is 80.3. The zero-order valence-corrected chi connectivity index (χ0v) is 17.3. The van der Waals surface area contributed by atoms with Gasteiger partial charge in [0.15, 0.2) is 18.9 Å². The lowest BCUT2D eigenvalue weighted by Gasteiger charge is -2.46. The molecule has 0 spiro atoms. The zero-order chi connectivity index (χ0) is 23.6. The summed E-state index contributed by atoms with van der Waals surface area (Å²) < 4.78 is 21.8. The molecule has 2 heterocycles. The maximum atomic E-state index is 10.8. The minimum absolute atomic E-state index is 0.0423. The molecule has 2 fully saturated rings. The van der Waals surface area contributed by atoms with E-state index >= 15 is 0 Å². The average molecular weight is 456 g/mol. The van der Waals surface area contributed by atoms with Gasteiger partial charge in [-0.2, -0.15) is 0 Å². The molecule has 14 atom stereocenters. The molecule has 2 aliphatic heterocycles. The molecule has 31 heavy (non-hydrogen) atoms. The second-order valence-corrected chi connectivity index (χ2v) is 7.93. The van der Waals surface area contributed by atoms with Crippen molar-refractivity contribution in [2.45, 2.75) is 107 Å². The molecule has 0 aromatic heterocycles. The number of aliphatic hydroxyl groups excluding tert-OH is 8. The minimum Gasteiger partial charge on any atom is -0.391 e. The van der Waals surface area contributed by atoms with E-state index in [0.717, 1.165) is 0 Å². The van der Waals surface area contributed by atoms with Crippen LogP contribution < -0.4 is 0 Å². The first kappa shape index (κ1) is 26.4. The fourth-order valence-electron chi connectivity index (χ4n) is 3.45. The Kier molecular flexibility index (Phi) is 9.27. The Bertz CT molecular complexity index is 577. The van der Waals surface area contributed by atoms with E-state index in [4.69, 9.17) is 18.9 Å². The molecule has 0 bridgehead atoms. The van der Waals surface area contributed by atoms with Gasteiger partial charge in [-0.05, 0) is 20.8 Å². The van der Waals surface area contributed by atoms with Gasteiger partial charge in [0.2, 0.25) is 0 Å². The number of aliphatic hydroxyl groups is 8. The molecule has 0 radical (unpaired) electrons. The van der Waals surface area contributed by atoms with Crippen LogP contribution in [0.5, 0.6) is 0 Å². The highest BCUT2D eigenvalue weighted by Gasteiger charge is 2.50. The van der Waals surface area contributed by atoms with Crippen molar-refractivity contribution in [1.29, 1.82) is 0 Å². The first-order chi connectivity index (χ1) is 14.4. The first-order valence-electron chi connectivity index (χ1n) is 9.92. The normalized spacial score (nSPS) is 45.5. The van der Waals surface area contributed by atoms with Crippen molar-refractivity contribution >= 4 is 6.29 Å². The summed E-state index contributed by atoms with van der Waals surface area (Å²) in [5.74, 6) is 0. The summed E-state index contributed by atoms with van der Waals surface area (Å²) in [6, 6.07) is 0. The van der Waals surface area contributed by atoms with Crippen molar-refractivity contribution in [2.24, 2.45) is 0 Å². The van der Waals surface area contributed by atoms with Crippen LogP contribution in [0.2, 0.25) is 0 Å². The van der Waals surface area contributed by atoms with Gasteiger partial charge in [0.05, 0.1) is 18.3 Å². The van der Waals surface area contributed by atoms with E-state index in [9.17, 15) is 45.6 Å². The lowest BCUT2D eigenvalue weighted by atomic mass is 9.97. The topological polar surface area (TPSA) is 216 Å². The van der Waals surface area contributed by atoms with Crippen LogP contribution in [0.1, 0.15) is 20.8 Å². The molecule has 0 unspecified atom stereocenters. The van der Waals surface area contributed by atoms with Crippen LogP contribution in [0.25, 0.3) is 0 Å². The lowest BCUT2D eigenvalue weighted by Crippen LogP contribution is -2.64. The smallest absolute Gasteiger partial charge is 0.187 e. The van der Waals surface area contributed by atoms with Crippen molar-refractivity contribution in [1.82, 2.24) is 0 Å². The van der Waals surface area contributed by atoms with Crippen molar-refractivity contribution in [3.8, 4) is 0 Å². The van der Waals surface area contributed by atoms with Gasteiger partial charge in [-0.25, -0.2) is 0 Å². The molecular weight excluding hydrogens is 424 g/mol. The Balaban J connectivity index is 2.25. The van der Waals surface area contributed by atoms with E-state index in [1.165, 1.54) is 20.8 Å². The molecular formula is C18H32O13. The average Bonchev–Trinajstić information content (AvgIpc) is 2.73. The minimum atomic E-state index is -1.89. The summed E-state index contributed by atoms with van der Waals surface area (Å²) in [4.78, 5) is 10.8. The monoisotopic (exact) mass is 456 g/mol. The zero-order valence-electron chi connectivity index (χ0n) is 17.3. The fourth-order valence-corrected chi connectivity index (χ4v) is 3.45. The highest BCUT2D eigenvalue weighted by Crippen LogP contribution is 2.30. The van der Waals surface area contributed by atoms with Gasteiger partial charge in [-0.3, -0.25) is 0 Å². The van der Waals surface area contributed by atoms with Gasteiger partial charge in [-0.15, -0.1) is 0 Å². The predicted octanol–water partition coefficient (Wildman–Crippen LogP) is -4.65. The molecule has 2 rings (SSSR count). The molecule has 2 saturated heterocycles. The third kappa shape index (κ3) is 5.76. The van der Waals surface area contributed by atoms with Crippen molar-refractivity contribution in [2.75, 3.05) is 0 Å². The number of rotatable bonds is 8. The number of hydrogen-bond acceptors (Lipinski definition) is 13. The standard InChI is InChI=1S/C18H32O13/c1-5(20)15(11(24)8(21)4-19)30-18-16(13(26)10(23)7(3)29-18)31-17-14(27)12(25)9(22)6(2)28-17/h4-18,20-27H,1-3H3/t5-,6-,7-,8-,9-,10-,11-,12+,13+,14+,15-,16+,17-,18-/m0/s1. The number of ether oxygens (including phenoxy) is 4. The highest BCUT2D eigenvalue weighted by atomic mass is 16.8. The maximum Gasteiger partial charge on any atom is 0.187 e. The molecule has 0 aromatic rings. The Morgan fingerprint density at radius 3 is 1.84 bits per heavy atom. The summed E-state index contributed by atoms with van der Waals surface area (Å²) in [5.41, 5.74) is 0. The molecule has 2 aliphatic rings. The van der Waals surface area contributed by atoms with Gasteiger partial charge in [0.1, 0.15) is 54.9 Å². The molecule has 0 aliphatic carbocycles. The second kappa shape index (κ2) is 10.9. The number of carbonyl (C=O) groups is 1. The Labute approximate surface area is 178 Å². The third-order valence-electron chi connectivity index (χ3n) is 5.48. The second-order valence-electron chi connectivity index (χ2n) is 7.93. The van der Waals surface area contributed by atoms with Gasteiger partial charge in [0, 0.05) is 0 Å². The molecule has 13 nitrogen and oxygen atoms in total. The summed E-state index contributed by atoms with van der Waals surface area (Å²) >= 11 is 0. The highest BCUT2D eigenvalue weighted by molar-refractivity contribution is 5.56. The van der Waals surface area contributed by atoms with Gasteiger partial charge < -0.3 is 64.6 Å². The summed E-state index contributed by atoms with van der Waals surface area (Å²) in [7, 11) is 0. The van der Waals surface area contributed by atoms with E-state index in [2.05, 4.69) is 0 Å². The summed E-state index contributed by atoms with van der Waals surface area (Å²) in [6.45, 7) is 4.03. The molecule has 0 aromatic carbocycles. The van der Waals surface area contributed by atoms with Crippen molar-refractivity contribution in [3.05, 3.63) is 0 Å². The van der Waals surface area contributed by atoms with Crippen LogP contribution >= 0.6 is 0 Å². The number of aldehydes is 1. The van der Waals surface area contributed by atoms with Crippen LogP contribution in [0.3, 0.4) is 0 Å². The fraction of sp³-hybridized carbons (Fsp3) is 0.944. The first-order valence-corrected chi connectivity index (χ1v) is 9.92. The van der Waals surface area contributed by atoms with Crippen LogP contribution in [0.4, 0.5) is 0 Å². The molecule has 8 N–H and O–H groups in total. The SMILES string of the molecule is C[C@H](O)[C@H](O[C@@H]1O[C@@H](C)[C@H](O)[C@@H](O)[C@H]1O[C@@H]1O[C@@H](C)[C@H](O)[C@@H](O)[C@H]1O)[C@@H](O)[C@@H](O)C=O. The van der Waals surface area contributed by atoms with Crippen LogP contribution in [0, 0.1) is 0 Å². The van der Waals surface area contributed by atoms with Crippen LogP contribution in [-0.2, 0) is 23.7 Å². The van der Waals surface area contributed by atoms with E-state index in [-0.39, 0.29) is 6.29 Å². The Hall–Kier alpha value is -0.810. The summed E-state index contributed by atoms with van der Waals surface area (Å²) in [6.07, 6.45) is -21.3. The number of carbonyl (C=O) groups excluding carboxylic acids is 1. The molecule has 182 valence electrons. The quantitative estimate of drug-likeness (QED) is 0.161. The van der Waals surface area contributed by atoms with E-state index in [1.54, 1.807) is 0 Å². The van der Waals surface area contributed by atoms with Crippen molar-refractivity contribution < 1.29 is 64.6 Å². The third-order valence-corrected chi connectivity index (χ3v) is 5.48. The van der Waals surface area contributed by atoms with Crippen LogP contribution in [0.15, 0.2) is 0 Å². The number of hydrogen-bond donors (Lipinski definition) is 8. The molecule has 0 amide bonds. The van der Waals surface area contributed by atoms with Crippen molar-refractivity contribution in [3.63, 3.8) is 0 Å². The van der Waals surface area contributed by atoms with Gasteiger partial charge in [-0.1, -0.05) is 0 Å². The lowest BCUT2D eigenvalue weighted by molar-refractivity contribution is -0.371. The molecule has 0 saturated carbocycles. The van der Waals surface area contributed by atoms with Gasteiger partial charge >= 0.3 is 0 Å².